The number of hydrogen-bond donors (Lipinski definition) is 1. The van der Waals surface area contributed by atoms with Crippen LogP contribution in [0.3, 0.4) is 0 Å². The van der Waals surface area contributed by atoms with Gasteiger partial charge in [0.2, 0.25) is 0 Å². The predicted molar refractivity (Wildman–Crippen MR) is 118 cm³/mol. The fourth-order valence-electron chi connectivity index (χ4n) is 3.99. The van der Waals surface area contributed by atoms with Crippen molar-refractivity contribution in [2.24, 2.45) is 5.92 Å². The van der Waals surface area contributed by atoms with Crippen LogP contribution in [-0.2, 0) is 0 Å². The van der Waals surface area contributed by atoms with Crippen molar-refractivity contribution in [2.45, 2.75) is 19.8 Å². The molecule has 154 valence electrons. The highest BCUT2D eigenvalue weighted by Crippen LogP contribution is 2.25. The largest absolute Gasteiger partial charge is 0.372 e. The van der Waals surface area contributed by atoms with Gasteiger partial charge in [-0.2, -0.15) is 0 Å². The molecule has 1 amide bonds. The molecular weight excluding hydrogens is 362 g/mol. The number of rotatable bonds is 4. The molecule has 1 aromatic heterocycles. The van der Waals surface area contributed by atoms with Gasteiger partial charge in [0, 0.05) is 62.4 Å². The molecule has 29 heavy (non-hydrogen) atoms. The molecule has 4 rings (SSSR count). The molecule has 6 heteroatoms. The summed E-state index contributed by atoms with van der Waals surface area (Å²) in [5.74, 6) is 1.61. The van der Waals surface area contributed by atoms with Crippen LogP contribution >= 0.6 is 0 Å². The molecule has 3 heterocycles. The molecule has 0 bridgehead atoms. The van der Waals surface area contributed by atoms with Gasteiger partial charge < -0.3 is 20.0 Å². The minimum atomic E-state index is 0.0817. The lowest BCUT2D eigenvalue weighted by molar-refractivity contribution is 0.0664. The molecule has 2 fully saturated rings. The summed E-state index contributed by atoms with van der Waals surface area (Å²) < 4.78 is 0. The molecule has 2 aromatic rings. The van der Waals surface area contributed by atoms with Crippen LogP contribution < -0.4 is 10.2 Å². The first-order valence-corrected chi connectivity index (χ1v) is 10.6. The number of pyridine rings is 1. The van der Waals surface area contributed by atoms with Gasteiger partial charge in [-0.1, -0.05) is 6.92 Å². The van der Waals surface area contributed by atoms with Crippen molar-refractivity contribution in [3.05, 3.63) is 48.2 Å². The molecule has 2 aliphatic heterocycles. The Morgan fingerprint density at radius 1 is 1.00 bits per heavy atom. The van der Waals surface area contributed by atoms with Gasteiger partial charge in [-0.3, -0.25) is 4.79 Å². The van der Waals surface area contributed by atoms with Crippen molar-refractivity contribution >= 4 is 23.1 Å². The molecule has 2 saturated heterocycles. The highest BCUT2D eigenvalue weighted by Gasteiger charge is 2.21. The quantitative estimate of drug-likeness (QED) is 0.862. The summed E-state index contributed by atoms with van der Waals surface area (Å²) in [5, 5.41) is 3.34. The Balaban J connectivity index is 1.39. The third-order valence-electron chi connectivity index (χ3n) is 6.09. The lowest BCUT2D eigenvalue weighted by Crippen LogP contribution is -2.47. The minimum absolute atomic E-state index is 0.0817. The predicted octanol–water partition coefficient (Wildman–Crippen LogP) is 3.45. The Kier molecular flexibility index (Phi) is 6.00. The van der Waals surface area contributed by atoms with Crippen molar-refractivity contribution in [2.75, 3.05) is 56.5 Å². The van der Waals surface area contributed by atoms with Gasteiger partial charge in [-0.25, -0.2) is 4.98 Å². The average Bonchev–Trinajstić information content (AvgIpc) is 2.75. The number of carbonyl (C=O) groups is 1. The Morgan fingerprint density at radius 3 is 2.38 bits per heavy atom. The number of nitrogens with zero attached hydrogens (tertiary/aromatic N) is 4. The summed E-state index contributed by atoms with van der Waals surface area (Å²) in [5.41, 5.74) is 2.94. The Morgan fingerprint density at radius 2 is 1.69 bits per heavy atom. The highest BCUT2D eigenvalue weighted by molar-refractivity contribution is 5.95. The van der Waals surface area contributed by atoms with Crippen molar-refractivity contribution in [3.8, 4) is 0 Å². The zero-order valence-corrected chi connectivity index (χ0v) is 17.5. The Hall–Kier alpha value is -2.60. The first-order chi connectivity index (χ1) is 14.1. The zero-order valence-electron chi connectivity index (χ0n) is 17.5. The maximum atomic E-state index is 12.8. The lowest BCUT2D eigenvalue weighted by Gasteiger charge is -2.32. The van der Waals surface area contributed by atoms with Gasteiger partial charge in [0.05, 0.1) is 0 Å². The summed E-state index contributed by atoms with van der Waals surface area (Å²) in [7, 11) is 2.09. The summed E-state index contributed by atoms with van der Waals surface area (Å²) in [6.45, 7) is 7.99. The maximum Gasteiger partial charge on any atom is 0.254 e. The summed E-state index contributed by atoms with van der Waals surface area (Å²) in [4.78, 5) is 23.8. The van der Waals surface area contributed by atoms with E-state index in [9.17, 15) is 4.79 Å². The average molecular weight is 394 g/mol. The van der Waals surface area contributed by atoms with Gasteiger partial charge in [-0.05, 0) is 62.2 Å². The second-order valence-electron chi connectivity index (χ2n) is 8.37. The third kappa shape index (κ3) is 4.88. The van der Waals surface area contributed by atoms with E-state index in [0.717, 1.165) is 50.9 Å². The van der Waals surface area contributed by atoms with E-state index in [1.54, 1.807) is 12.3 Å². The van der Waals surface area contributed by atoms with Gasteiger partial charge in [-0.15, -0.1) is 0 Å². The summed E-state index contributed by atoms with van der Waals surface area (Å²) in [6.07, 6.45) is 4.23. The summed E-state index contributed by atoms with van der Waals surface area (Å²) >= 11 is 0. The van der Waals surface area contributed by atoms with Crippen LogP contribution in [0.2, 0.25) is 0 Å². The topological polar surface area (TPSA) is 51.7 Å². The first-order valence-electron chi connectivity index (χ1n) is 10.6. The monoisotopic (exact) mass is 393 g/mol. The van der Waals surface area contributed by atoms with Crippen LogP contribution in [0.1, 0.15) is 30.1 Å². The molecule has 0 saturated carbocycles. The number of aromatic nitrogens is 1. The number of anilines is 3. The van der Waals surface area contributed by atoms with Gasteiger partial charge >= 0.3 is 0 Å². The van der Waals surface area contributed by atoms with Crippen molar-refractivity contribution in [1.82, 2.24) is 14.8 Å². The van der Waals surface area contributed by atoms with E-state index in [-0.39, 0.29) is 5.91 Å². The van der Waals surface area contributed by atoms with Gasteiger partial charge in [0.15, 0.2) is 0 Å². The van der Waals surface area contributed by atoms with E-state index in [2.05, 4.69) is 58.3 Å². The number of carbonyl (C=O) groups excluding carboxylic acids is 1. The molecule has 0 radical (unpaired) electrons. The fraction of sp³-hybridized carbons (Fsp3) is 0.478. The number of hydrogen-bond acceptors (Lipinski definition) is 5. The van der Waals surface area contributed by atoms with Gasteiger partial charge in [0.25, 0.3) is 5.91 Å². The van der Waals surface area contributed by atoms with Crippen molar-refractivity contribution in [1.29, 1.82) is 0 Å². The van der Waals surface area contributed by atoms with Gasteiger partial charge in [0.1, 0.15) is 5.82 Å². The fourth-order valence-corrected chi connectivity index (χ4v) is 3.99. The number of nitrogens with one attached hydrogen (secondary N) is 1. The van der Waals surface area contributed by atoms with Crippen LogP contribution in [-0.4, -0.2) is 67.0 Å². The molecule has 6 nitrogen and oxygen atoms in total. The highest BCUT2D eigenvalue weighted by atomic mass is 16.2. The van der Waals surface area contributed by atoms with E-state index in [0.29, 0.717) is 11.4 Å². The zero-order chi connectivity index (χ0) is 20.2. The number of likely N-dealkylation sites (N-methyl/N-ethyl adjacent to an activating group) is 1. The molecule has 1 N–H and O–H groups in total. The minimum Gasteiger partial charge on any atom is -0.372 e. The molecule has 0 atom stereocenters. The SMILES string of the molecule is CC1CCN(c2ccc(Nc3cc(C(=O)N4CCN(C)CC4)ccn3)cc2)CC1. The second-order valence-corrected chi connectivity index (χ2v) is 8.37. The van der Waals surface area contributed by atoms with E-state index in [1.165, 1.54) is 18.5 Å². The molecule has 0 spiro atoms. The molecule has 2 aliphatic rings. The van der Waals surface area contributed by atoms with Crippen LogP contribution in [0.4, 0.5) is 17.2 Å². The van der Waals surface area contributed by atoms with E-state index < -0.39 is 0 Å². The molecular formula is C23H31N5O. The summed E-state index contributed by atoms with van der Waals surface area (Å²) in [6, 6.07) is 12.1. The lowest BCUT2D eigenvalue weighted by atomic mass is 9.99. The van der Waals surface area contributed by atoms with Crippen molar-refractivity contribution in [3.63, 3.8) is 0 Å². The first kappa shape index (κ1) is 19.7. The Bertz CT molecular complexity index is 821. The number of piperidine rings is 1. The van der Waals surface area contributed by atoms with Crippen molar-refractivity contribution < 1.29 is 4.79 Å². The second kappa shape index (κ2) is 8.82. The maximum absolute atomic E-state index is 12.8. The molecule has 1 aromatic carbocycles. The Labute approximate surface area is 173 Å². The van der Waals surface area contributed by atoms with Crippen LogP contribution in [0.15, 0.2) is 42.6 Å². The number of piperazine rings is 1. The van der Waals surface area contributed by atoms with E-state index >= 15 is 0 Å². The van der Waals surface area contributed by atoms with Crippen LogP contribution in [0, 0.1) is 5.92 Å². The smallest absolute Gasteiger partial charge is 0.254 e. The number of benzene rings is 1. The molecule has 0 unspecified atom stereocenters. The third-order valence-corrected chi connectivity index (χ3v) is 6.09. The van der Waals surface area contributed by atoms with Crippen LogP contribution in [0.5, 0.6) is 0 Å². The van der Waals surface area contributed by atoms with E-state index in [1.807, 2.05) is 11.0 Å². The standard InChI is InChI=1S/C23H31N5O/c1-18-8-11-27(12-9-18)21-5-3-20(4-6-21)25-22-17-19(7-10-24-22)23(29)28-15-13-26(2)14-16-28/h3-7,10,17-18H,8-9,11-16H2,1-2H3,(H,24,25). The van der Waals surface area contributed by atoms with E-state index in [4.69, 9.17) is 0 Å². The van der Waals surface area contributed by atoms with Crippen LogP contribution in [0.25, 0.3) is 0 Å². The number of amides is 1. The normalized spacial score (nSPS) is 18.7. The molecule has 0 aliphatic carbocycles.